The minimum atomic E-state index is -0.312. The highest BCUT2D eigenvalue weighted by atomic mass is 35.5. The number of hydrogen-bond acceptors (Lipinski definition) is 6. The van der Waals surface area contributed by atoms with E-state index in [0.717, 1.165) is 0 Å². The molecule has 0 atom stereocenters. The summed E-state index contributed by atoms with van der Waals surface area (Å²) in [5.41, 5.74) is 8.48. The number of nitrogens with one attached hydrogen (secondary N) is 2. The Kier molecular flexibility index (Phi) is 5.37. The lowest BCUT2D eigenvalue weighted by Crippen LogP contribution is -2.04. The van der Waals surface area contributed by atoms with Crippen LogP contribution in [0.25, 0.3) is 0 Å². The van der Waals surface area contributed by atoms with Crippen LogP contribution in [-0.4, -0.2) is 16.6 Å². The first-order valence-electron chi connectivity index (χ1n) is 6.28. The zero-order chi connectivity index (χ0) is 15.9. The SMILES string of the molecule is Cc1c(F)cccc1N/C=C(/COc1ncc(Cl)cn1)N=N. The summed E-state index contributed by atoms with van der Waals surface area (Å²) < 4.78 is 18.7. The third kappa shape index (κ3) is 4.23. The van der Waals surface area contributed by atoms with Gasteiger partial charge in [0.2, 0.25) is 0 Å². The maximum atomic E-state index is 13.4. The van der Waals surface area contributed by atoms with E-state index in [-0.39, 0.29) is 18.4 Å². The van der Waals surface area contributed by atoms with Gasteiger partial charge in [-0.1, -0.05) is 17.7 Å². The van der Waals surface area contributed by atoms with Crippen molar-refractivity contribution in [1.82, 2.24) is 9.97 Å². The number of ether oxygens (including phenoxy) is 1. The largest absolute Gasteiger partial charge is 0.457 e. The van der Waals surface area contributed by atoms with Crippen LogP contribution in [0.1, 0.15) is 5.56 Å². The molecule has 0 aliphatic heterocycles. The smallest absolute Gasteiger partial charge is 0.316 e. The molecule has 0 spiro atoms. The van der Waals surface area contributed by atoms with E-state index in [1.807, 2.05) is 0 Å². The first-order valence-corrected chi connectivity index (χ1v) is 6.66. The first-order chi connectivity index (χ1) is 10.6. The van der Waals surface area contributed by atoms with Crippen LogP contribution in [0.3, 0.4) is 0 Å². The van der Waals surface area contributed by atoms with Gasteiger partial charge in [0, 0.05) is 17.5 Å². The van der Waals surface area contributed by atoms with Crippen LogP contribution in [0, 0.1) is 18.3 Å². The molecule has 0 fully saturated rings. The van der Waals surface area contributed by atoms with E-state index in [2.05, 4.69) is 20.4 Å². The highest BCUT2D eigenvalue weighted by Gasteiger charge is 2.04. The molecule has 114 valence electrons. The van der Waals surface area contributed by atoms with Gasteiger partial charge in [-0.15, -0.1) is 0 Å². The number of hydrogen-bond donors (Lipinski definition) is 2. The molecular formula is C14H13ClFN5O. The lowest BCUT2D eigenvalue weighted by atomic mass is 10.2. The van der Waals surface area contributed by atoms with Crippen LogP contribution >= 0.6 is 11.6 Å². The van der Waals surface area contributed by atoms with Crippen LogP contribution in [0.15, 0.2) is 47.6 Å². The second kappa shape index (κ2) is 7.46. The van der Waals surface area contributed by atoms with Gasteiger partial charge in [-0.25, -0.2) is 19.9 Å². The van der Waals surface area contributed by atoms with Crippen LogP contribution in [0.4, 0.5) is 10.1 Å². The fourth-order valence-corrected chi connectivity index (χ4v) is 1.64. The summed E-state index contributed by atoms with van der Waals surface area (Å²) in [5, 5.41) is 6.63. The fourth-order valence-electron chi connectivity index (χ4n) is 1.54. The first kappa shape index (κ1) is 15.8. The molecule has 2 N–H and O–H groups in total. The fraction of sp³-hybridized carbons (Fsp3) is 0.143. The molecule has 1 heterocycles. The second-order valence-electron chi connectivity index (χ2n) is 4.28. The summed E-state index contributed by atoms with van der Waals surface area (Å²) in [7, 11) is 0. The average Bonchev–Trinajstić information content (AvgIpc) is 2.53. The maximum absolute atomic E-state index is 13.4. The second-order valence-corrected chi connectivity index (χ2v) is 4.71. The molecule has 0 bridgehead atoms. The van der Waals surface area contributed by atoms with Gasteiger partial charge >= 0.3 is 6.01 Å². The summed E-state index contributed by atoms with van der Waals surface area (Å²) in [5.74, 6) is -0.312. The molecule has 2 aromatic rings. The van der Waals surface area contributed by atoms with E-state index >= 15 is 0 Å². The van der Waals surface area contributed by atoms with Crippen molar-refractivity contribution in [2.45, 2.75) is 6.92 Å². The summed E-state index contributed by atoms with van der Waals surface area (Å²) in [4.78, 5) is 7.73. The molecule has 0 aliphatic rings. The number of aromatic nitrogens is 2. The summed E-state index contributed by atoms with van der Waals surface area (Å²) >= 11 is 5.67. The number of anilines is 1. The molecule has 1 aromatic heterocycles. The quantitative estimate of drug-likeness (QED) is 0.789. The Balaban J connectivity index is 2.00. The van der Waals surface area contributed by atoms with Crippen LogP contribution < -0.4 is 10.1 Å². The van der Waals surface area contributed by atoms with E-state index in [4.69, 9.17) is 21.9 Å². The molecule has 0 aliphatic carbocycles. The Morgan fingerprint density at radius 1 is 1.45 bits per heavy atom. The Morgan fingerprint density at radius 3 is 2.86 bits per heavy atom. The minimum absolute atomic E-state index is 0.00744. The van der Waals surface area contributed by atoms with Gasteiger partial charge in [-0.05, 0) is 19.1 Å². The molecule has 0 amide bonds. The minimum Gasteiger partial charge on any atom is -0.457 e. The molecule has 1 aromatic carbocycles. The van der Waals surface area contributed by atoms with Crippen molar-refractivity contribution in [2.24, 2.45) is 5.11 Å². The highest BCUT2D eigenvalue weighted by Crippen LogP contribution is 2.18. The van der Waals surface area contributed by atoms with Crippen LogP contribution in [0.5, 0.6) is 6.01 Å². The molecule has 22 heavy (non-hydrogen) atoms. The van der Waals surface area contributed by atoms with Gasteiger partial charge in [0.15, 0.2) is 0 Å². The normalized spacial score (nSPS) is 11.1. The standard InChI is InChI=1S/C14H13ClFN5O/c1-9-12(16)3-2-4-13(9)18-7-11(21-17)8-22-14-19-5-10(15)6-20-14/h2-7,17-18H,8H2,1H3/b11-7-,21-17?. The number of nitrogens with zero attached hydrogens (tertiary/aromatic N) is 3. The van der Waals surface area contributed by atoms with Crippen molar-refractivity contribution in [2.75, 3.05) is 11.9 Å². The van der Waals surface area contributed by atoms with Crippen molar-refractivity contribution < 1.29 is 9.13 Å². The Hall–Kier alpha value is -2.54. The Morgan fingerprint density at radius 2 is 2.18 bits per heavy atom. The summed E-state index contributed by atoms with van der Waals surface area (Å²) in [6.45, 7) is 1.65. The summed E-state index contributed by atoms with van der Waals surface area (Å²) in [6, 6.07) is 4.82. The molecule has 8 heteroatoms. The molecular weight excluding hydrogens is 309 g/mol. The van der Waals surface area contributed by atoms with Gasteiger partial charge in [-0.2, -0.15) is 5.11 Å². The summed E-state index contributed by atoms with van der Waals surface area (Å²) in [6.07, 6.45) is 4.27. The Bertz CT molecular complexity index is 690. The van der Waals surface area contributed by atoms with E-state index in [9.17, 15) is 4.39 Å². The van der Waals surface area contributed by atoms with Gasteiger partial charge in [-0.3, -0.25) is 0 Å². The van der Waals surface area contributed by atoms with E-state index in [1.54, 1.807) is 19.1 Å². The maximum Gasteiger partial charge on any atom is 0.316 e. The molecule has 2 rings (SSSR count). The zero-order valence-corrected chi connectivity index (χ0v) is 12.4. The molecule has 0 unspecified atom stereocenters. The predicted molar refractivity (Wildman–Crippen MR) is 80.5 cm³/mol. The lowest BCUT2D eigenvalue weighted by Gasteiger charge is -2.07. The molecule has 6 nitrogen and oxygen atoms in total. The van der Waals surface area contributed by atoms with Crippen LogP contribution in [0.2, 0.25) is 5.02 Å². The Labute approximate surface area is 131 Å². The third-order valence-electron chi connectivity index (χ3n) is 2.75. The number of halogens is 2. The van der Waals surface area contributed by atoms with Crippen LogP contribution in [-0.2, 0) is 0 Å². The number of rotatable bonds is 6. The third-order valence-corrected chi connectivity index (χ3v) is 2.95. The van der Waals surface area contributed by atoms with Crippen molar-refractivity contribution in [3.8, 4) is 6.01 Å². The monoisotopic (exact) mass is 321 g/mol. The highest BCUT2D eigenvalue weighted by molar-refractivity contribution is 6.30. The van der Waals surface area contributed by atoms with E-state index in [0.29, 0.717) is 22.0 Å². The van der Waals surface area contributed by atoms with Crippen molar-refractivity contribution in [3.63, 3.8) is 0 Å². The lowest BCUT2D eigenvalue weighted by molar-refractivity contribution is 0.320. The number of benzene rings is 1. The van der Waals surface area contributed by atoms with Gasteiger partial charge in [0.25, 0.3) is 0 Å². The van der Waals surface area contributed by atoms with Gasteiger partial charge < -0.3 is 10.1 Å². The predicted octanol–water partition coefficient (Wildman–Crippen LogP) is 3.94. The van der Waals surface area contributed by atoms with Gasteiger partial charge in [0.1, 0.15) is 18.1 Å². The van der Waals surface area contributed by atoms with Crippen molar-refractivity contribution >= 4 is 17.3 Å². The van der Waals surface area contributed by atoms with Crippen molar-refractivity contribution in [1.29, 1.82) is 5.53 Å². The van der Waals surface area contributed by atoms with Crippen molar-refractivity contribution in [3.05, 3.63) is 58.9 Å². The zero-order valence-electron chi connectivity index (χ0n) is 11.7. The topological polar surface area (TPSA) is 83.2 Å². The van der Waals surface area contributed by atoms with Gasteiger partial charge in [0.05, 0.1) is 17.4 Å². The van der Waals surface area contributed by atoms with E-state index in [1.165, 1.54) is 24.7 Å². The van der Waals surface area contributed by atoms with E-state index < -0.39 is 0 Å². The molecule has 0 saturated carbocycles. The average molecular weight is 322 g/mol. The molecule has 0 saturated heterocycles. The molecule has 0 radical (unpaired) electrons.